The van der Waals surface area contributed by atoms with Gasteiger partial charge in [-0.3, -0.25) is 0 Å². The lowest BCUT2D eigenvalue weighted by atomic mass is 10.1. The zero-order valence-electron chi connectivity index (χ0n) is 10.7. The lowest BCUT2D eigenvalue weighted by molar-refractivity contribution is 0.0687. The smallest absolute Gasteiger partial charge is 0.230 e. The molecule has 19 heavy (non-hydrogen) atoms. The summed E-state index contributed by atoms with van der Waals surface area (Å²) < 4.78 is 11.2. The molecule has 2 nitrogen and oxygen atoms in total. The molecule has 2 aromatic carbocycles. The Balaban J connectivity index is 1.77. The Bertz CT molecular complexity index is 507. The van der Waals surface area contributed by atoms with Crippen molar-refractivity contribution in [2.24, 2.45) is 0 Å². The molecule has 1 heterocycles. The van der Waals surface area contributed by atoms with E-state index in [1.54, 1.807) is 0 Å². The van der Waals surface area contributed by atoms with Crippen molar-refractivity contribution in [2.75, 3.05) is 6.79 Å². The Morgan fingerprint density at radius 1 is 0.632 bits per heavy atom. The van der Waals surface area contributed by atoms with E-state index < -0.39 is 0 Å². The van der Waals surface area contributed by atoms with Gasteiger partial charge >= 0.3 is 0 Å². The van der Waals surface area contributed by atoms with E-state index in [1.807, 2.05) is 36.4 Å². The van der Waals surface area contributed by atoms with Gasteiger partial charge in [0.2, 0.25) is 6.79 Å². The third-order valence-corrected chi connectivity index (χ3v) is 3.19. The van der Waals surface area contributed by atoms with E-state index in [4.69, 9.17) is 9.47 Å². The number of hydrogen-bond acceptors (Lipinski definition) is 2. The molecule has 2 aromatic rings. The van der Waals surface area contributed by atoms with Crippen LogP contribution in [-0.2, 0) is 22.3 Å². The fourth-order valence-corrected chi connectivity index (χ4v) is 2.19. The molecule has 0 unspecified atom stereocenters. The molecule has 0 aromatic heterocycles. The lowest BCUT2D eigenvalue weighted by Gasteiger charge is -2.04. The lowest BCUT2D eigenvalue weighted by Crippen LogP contribution is -1.96. The van der Waals surface area contributed by atoms with E-state index in [9.17, 15) is 0 Å². The molecule has 0 N–H and O–H groups in total. The molecule has 0 amide bonds. The van der Waals surface area contributed by atoms with Crippen LogP contribution < -0.4 is 0 Å². The molecule has 0 spiro atoms. The molecule has 3 rings (SSSR count). The number of hydrogen-bond donors (Lipinski definition) is 0. The van der Waals surface area contributed by atoms with Crippen molar-refractivity contribution in [3.05, 3.63) is 83.3 Å². The zero-order chi connectivity index (χ0) is 12.9. The van der Waals surface area contributed by atoms with Gasteiger partial charge in [-0.1, -0.05) is 60.7 Å². The maximum Gasteiger partial charge on any atom is 0.230 e. The average molecular weight is 252 g/mol. The fourth-order valence-electron chi connectivity index (χ4n) is 2.19. The number of rotatable bonds is 4. The normalized spacial score (nSPS) is 14.1. The van der Waals surface area contributed by atoms with Crippen LogP contribution in [0.3, 0.4) is 0 Å². The quantitative estimate of drug-likeness (QED) is 0.826. The first-order chi connectivity index (χ1) is 9.42. The maximum atomic E-state index is 5.60. The second kappa shape index (κ2) is 5.61. The van der Waals surface area contributed by atoms with Crippen LogP contribution in [0.2, 0.25) is 0 Å². The molecule has 0 saturated heterocycles. The molecule has 1 aliphatic heterocycles. The van der Waals surface area contributed by atoms with Crippen LogP contribution in [-0.4, -0.2) is 6.79 Å². The molecule has 96 valence electrons. The van der Waals surface area contributed by atoms with Crippen molar-refractivity contribution in [1.82, 2.24) is 0 Å². The van der Waals surface area contributed by atoms with Gasteiger partial charge in [0.25, 0.3) is 0 Å². The highest BCUT2D eigenvalue weighted by Gasteiger charge is 2.18. The maximum absolute atomic E-state index is 5.60. The SMILES string of the molecule is c1ccc(CC2=C(Cc3ccccc3)OCO2)cc1. The third kappa shape index (κ3) is 2.97. The highest BCUT2D eigenvalue weighted by atomic mass is 16.7. The minimum Gasteiger partial charge on any atom is -0.458 e. The van der Waals surface area contributed by atoms with E-state index >= 15 is 0 Å². The van der Waals surface area contributed by atoms with Crippen LogP contribution in [0.5, 0.6) is 0 Å². The summed E-state index contributed by atoms with van der Waals surface area (Å²) in [6.07, 6.45) is 1.59. The van der Waals surface area contributed by atoms with Crippen LogP contribution in [0, 0.1) is 0 Å². The van der Waals surface area contributed by atoms with E-state index in [1.165, 1.54) is 11.1 Å². The molecular formula is C17H16O2. The summed E-state index contributed by atoms with van der Waals surface area (Å²) in [5.41, 5.74) is 2.49. The molecule has 0 atom stereocenters. The fraction of sp³-hybridized carbons (Fsp3) is 0.176. The summed E-state index contributed by atoms with van der Waals surface area (Å²) in [4.78, 5) is 0. The van der Waals surface area contributed by atoms with Crippen molar-refractivity contribution < 1.29 is 9.47 Å². The van der Waals surface area contributed by atoms with Crippen LogP contribution in [0.4, 0.5) is 0 Å². The van der Waals surface area contributed by atoms with E-state index in [-0.39, 0.29) is 0 Å². The van der Waals surface area contributed by atoms with Gasteiger partial charge in [-0.2, -0.15) is 0 Å². The Morgan fingerprint density at radius 3 is 1.47 bits per heavy atom. The summed E-state index contributed by atoms with van der Waals surface area (Å²) in [7, 11) is 0. The first kappa shape index (κ1) is 11.8. The first-order valence-corrected chi connectivity index (χ1v) is 6.47. The van der Waals surface area contributed by atoms with Gasteiger partial charge in [-0.05, 0) is 11.1 Å². The molecule has 1 aliphatic rings. The van der Waals surface area contributed by atoms with Gasteiger partial charge < -0.3 is 9.47 Å². The number of benzene rings is 2. The second-order valence-electron chi connectivity index (χ2n) is 4.58. The largest absolute Gasteiger partial charge is 0.458 e. The highest BCUT2D eigenvalue weighted by Crippen LogP contribution is 2.23. The minimum atomic E-state index is 0.338. The predicted octanol–water partition coefficient (Wildman–Crippen LogP) is 3.69. The Labute approximate surface area is 113 Å². The van der Waals surface area contributed by atoms with Crippen LogP contribution in [0.1, 0.15) is 11.1 Å². The van der Waals surface area contributed by atoms with Crippen LogP contribution in [0.15, 0.2) is 72.2 Å². The van der Waals surface area contributed by atoms with E-state index in [2.05, 4.69) is 24.3 Å². The summed E-state index contributed by atoms with van der Waals surface area (Å²) in [5, 5.41) is 0. The van der Waals surface area contributed by atoms with Crippen molar-refractivity contribution in [3.63, 3.8) is 0 Å². The Hall–Kier alpha value is -2.22. The second-order valence-corrected chi connectivity index (χ2v) is 4.58. The number of ether oxygens (including phenoxy) is 2. The van der Waals surface area contributed by atoms with Crippen LogP contribution >= 0.6 is 0 Å². The molecule has 0 saturated carbocycles. The van der Waals surface area contributed by atoms with Gasteiger partial charge in [0, 0.05) is 12.8 Å². The van der Waals surface area contributed by atoms with Crippen molar-refractivity contribution in [3.8, 4) is 0 Å². The van der Waals surface area contributed by atoms with Crippen molar-refractivity contribution in [2.45, 2.75) is 12.8 Å². The minimum absolute atomic E-state index is 0.338. The molecule has 0 fully saturated rings. The Morgan fingerprint density at radius 2 is 1.05 bits per heavy atom. The van der Waals surface area contributed by atoms with E-state index in [0.29, 0.717) is 6.79 Å². The summed E-state index contributed by atoms with van der Waals surface area (Å²) in [6, 6.07) is 20.6. The summed E-state index contributed by atoms with van der Waals surface area (Å²) >= 11 is 0. The van der Waals surface area contributed by atoms with Gasteiger partial charge in [-0.25, -0.2) is 0 Å². The average Bonchev–Trinajstić information content (AvgIpc) is 2.88. The first-order valence-electron chi connectivity index (χ1n) is 6.47. The molecule has 2 heteroatoms. The zero-order valence-corrected chi connectivity index (χ0v) is 10.7. The third-order valence-electron chi connectivity index (χ3n) is 3.19. The van der Waals surface area contributed by atoms with Gasteiger partial charge in [0.05, 0.1) is 0 Å². The molecule has 0 bridgehead atoms. The van der Waals surface area contributed by atoms with Crippen molar-refractivity contribution in [1.29, 1.82) is 0 Å². The van der Waals surface area contributed by atoms with Gasteiger partial charge in [0.1, 0.15) is 11.5 Å². The number of allylic oxidation sites excluding steroid dienone is 2. The standard InChI is InChI=1S/C17H16O2/c1-3-7-14(8-4-1)11-16-17(19-13-18-16)12-15-9-5-2-6-10-15/h1-10H,11-13H2. The van der Waals surface area contributed by atoms with Gasteiger partial charge in [-0.15, -0.1) is 0 Å². The highest BCUT2D eigenvalue weighted by molar-refractivity contribution is 5.25. The summed E-state index contributed by atoms with van der Waals surface area (Å²) in [5.74, 6) is 1.91. The van der Waals surface area contributed by atoms with Gasteiger partial charge in [0.15, 0.2) is 0 Å². The topological polar surface area (TPSA) is 18.5 Å². The van der Waals surface area contributed by atoms with E-state index in [0.717, 1.165) is 24.4 Å². The summed E-state index contributed by atoms with van der Waals surface area (Å²) in [6.45, 7) is 0.338. The molecule has 0 aliphatic carbocycles. The molecule has 0 radical (unpaired) electrons. The predicted molar refractivity (Wildman–Crippen MR) is 74.4 cm³/mol. The monoisotopic (exact) mass is 252 g/mol. The van der Waals surface area contributed by atoms with Crippen molar-refractivity contribution >= 4 is 0 Å². The van der Waals surface area contributed by atoms with Crippen LogP contribution in [0.25, 0.3) is 0 Å². The Kier molecular flexibility index (Phi) is 3.50. The molecular weight excluding hydrogens is 236 g/mol.